The molecule has 1 aromatic heterocycles. The van der Waals surface area contributed by atoms with Crippen LogP contribution < -0.4 is 4.90 Å². The van der Waals surface area contributed by atoms with Crippen LogP contribution in [0.2, 0.25) is 0 Å². The summed E-state index contributed by atoms with van der Waals surface area (Å²) in [6.45, 7) is 0. The predicted molar refractivity (Wildman–Crippen MR) is 237 cm³/mol. The minimum absolute atomic E-state index is 0.882. The molecule has 0 radical (unpaired) electrons. The van der Waals surface area contributed by atoms with E-state index in [1.807, 2.05) is 0 Å². The molecule has 0 atom stereocenters. The molecule has 0 N–H and O–H groups in total. The number of anilines is 3. The summed E-state index contributed by atoms with van der Waals surface area (Å²) in [5.74, 6) is 0. The zero-order valence-electron chi connectivity index (χ0n) is 30.6. The largest absolute Gasteiger partial charge is 0.455 e. The monoisotopic (exact) mass is 713 g/mol. The van der Waals surface area contributed by atoms with Crippen molar-refractivity contribution < 1.29 is 4.42 Å². The van der Waals surface area contributed by atoms with Crippen LogP contribution in [0.5, 0.6) is 0 Å². The van der Waals surface area contributed by atoms with E-state index in [1.165, 1.54) is 54.9 Å². The van der Waals surface area contributed by atoms with E-state index in [1.54, 1.807) is 0 Å². The lowest BCUT2D eigenvalue weighted by Gasteiger charge is -2.27. The van der Waals surface area contributed by atoms with Crippen molar-refractivity contribution in [3.63, 3.8) is 0 Å². The summed E-state index contributed by atoms with van der Waals surface area (Å²) in [5.41, 5.74) is 12.2. The third-order valence-corrected chi connectivity index (χ3v) is 11.2. The number of furan rings is 1. The molecule has 11 rings (SSSR count). The van der Waals surface area contributed by atoms with Gasteiger partial charge < -0.3 is 9.32 Å². The molecule has 0 saturated carbocycles. The minimum Gasteiger partial charge on any atom is -0.455 e. The van der Waals surface area contributed by atoms with E-state index in [0.29, 0.717) is 0 Å². The van der Waals surface area contributed by atoms with Gasteiger partial charge in [-0.1, -0.05) is 176 Å². The van der Waals surface area contributed by atoms with Gasteiger partial charge in [0.05, 0.1) is 5.69 Å². The van der Waals surface area contributed by atoms with E-state index in [9.17, 15) is 0 Å². The molecule has 0 aliphatic carbocycles. The summed E-state index contributed by atoms with van der Waals surface area (Å²) in [4.78, 5) is 2.41. The first-order valence-electron chi connectivity index (χ1n) is 19.2. The molecule has 0 spiro atoms. The molecule has 262 valence electrons. The summed E-state index contributed by atoms with van der Waals surface area (Å²) in [6.07, 6.45) is 0. The normalized spacial score (nSPS) is 11.6. The van der Waals surface area contributed by atoms with Crippen LogP contribution in [0.25, 0.3) is 87.6 Å². The number of hydrogen-bond acceptors (Lipinski definition) is 2. The first-order valence-corrected chi connectivity index (χ1v) is 19.2. The fraction of sp³-hybridized carbons (Fsp3) is 0. The van der Waals surface area contributed by atoms with Crippen LogP contribution in [0, 0.1) is 0 Å². The lowest BCUT2D eigenvalue weighted by atomic mass is 9.93. The van der Waals surface area contributed by atoms with E-state index in [4.69, 9.17) is 4.42 Å². The Hall–Kier alpha value is -7.42. The Balaban J connectivity index is 1.12. The molecule has 2 nitrogen and oxygen atoms in total. The molecule has 0 bridgehead atoms. The van der Waals surface area contributed by atoms with E-state index >= 15 is 0 Å². The quantitative estimate of drug-likeness (QED) is 0.171. The van der Waals surface area contributed by atoms with Crippen molar-refractivity contribution in [1.82, 2.24) is 0 Å². The Bertz CT molecular complexity index is 3230. The second-order valence-corrected chi connectivity index (χ2v) is 14.5. The van der Waals surface area contributed by atoms with Crippen molar-refractivity contribution >= 4 is 71.3 Å². The van der Waals surface area contributed by atoms with E-state index in [-0.39, 0.29) is 0 Å². The molecule has 0 aliphatic rings. The smallest absolute Gasteiger partial charge is 0.143 e. The molecule has 0 amide bonds. The third-order valence-electron chi connectivity index (χ3n) is 11.2. The van der Waals surface area contributed by atoms with Gasteiger partial charge in [-0.15, -0.1) is 0 Å². The fourth-order valence-corrected chi connectivity index (χ4v) is 8.53. The van der Waals surface area contributed by atoms with Crippen LogP contribution in [0.3, 0.4) is 0 Å². The van der Waals surface area contributed by atoms with Crippen LogP contribution in [-0.4, -0.2) is 0 Å². The zero-order chi connectivity index (χ0) is 37.0. The molecular weight excluding hydrogens is 679 g/mol. The highest BCUT2D eigenvalue weighted by Gasteiger charge is 2.22. The molecule has 0 unspecified atom stereocenters. The van der Waals surface area contributed by atoms with Crippen LogP contribution in [-0.2, 0) is 0 Å². The molecule has 1 heterocycles. The molecule has 2 heteroatoms. The molecular formula is C54H35NO. The number of fused-ring (bicyclic) bond motifs is 7. The van der Waals surface area contributed by atoms with Crippen LogP contribution in [0.1, 0.15) is 0 Å². The summed E-state index contributed by atoms with van der Waals surface area (Å²) >= 11 is 0. The summed E-state index contributed by atoms with van der Waals surface area (Å²) in [5, 5.41) is 9.29. The predicted octanol–water partition coefficient (Wildman–Crippen LogP) is 15.5. The highest BCUT2D eigenvalue weighted by Crippen LogP contribution is 2.47. The maximum absolute atomic E-state index is 6.83. The van der Waals surface area contributed by atoms with Gasteiger partial charge in [0.15, 0.2) is 0 Å². The van der Waals surface area contributed by atoms with Gasteiger partial charge in [-0.3, -0.25) is 0 Å². The molecule has 11 aromatic rings. The SMILES string of the molecule is c1ccc(-c2ccc(-c3ccc(N(c4ccc5ccccc5c4)c4cc5c(oc6cccc(-c7cccc8ccccc78)c65)c5ccccc45)cc3)cc2)cc1. The summed E-state index contributed by atoms with van der Waals surface area (Å²) < 4.78 is 6.83. The first kappa shape index (κ1) is 32.0. The first-order chi connectivity index (χ1) is 27.8. The van der Waals surface area contributed by atoms with Crippen LogP contribution >= 0.6 is 0 Å². The minimum atomic E-state index is 0.882. The maximum atomic E-state index is 6.83. The Morgan fingerprint density at radius 2 is 0.875 bits per heavy atom. The van der Waals surface area contributed by atoms with Crippen LogP contribution in [0.15, 0.2) is 217 Å². The standard InChI is InChI=1S/C54H35NO/c1-2-12-36(13-3-1)38-24-26-39(27-25-38)40-28-31-43(32-29-40)55(44-33-30-37-14-4-5-16-42(37)34-44)51-35-50-53-48(46-21-10-17-41-15-6-7-18-45(41)46)22-11-23-52(53)56-54(50)49-20-9-8-19-47(49)51/h1-35H. The lowest BCUT2D eigenvalue weighted by molar-refractivity contribution is 0.673. The van der Waals surface area contributed by atoms with Crippen molar-refractivity contribution in [3.8, 4) is 33.4 Å². The number of hydrogen-bond donors (Lipinski definition) is 0. The number of rotatable bonds is 6. The highest BCUT2D eigenvalue weighted by atomic mass is 16.3. The van der Waals surface area contributed by atoms with Gasteiger partial charge in [0, 0.05) is 32.9 Å². The fourth-order valence-electron chi connectivity index (χ4n) is 8.53. The molecule has 0 aliphatic heterocycles. The number of benzene rings is 10. The maximum Gasteiger partial charge on any atom is 0.143 e. The van der Waals surface area contributed by atoms with E-state index in [0.717, 1.165) is 49.8 Å². The molecule has 56 heavy (non-hydrogen) atoms. The van der Waals surface area contributed by atoms with E-state index in [2.05, 4.69) is 217 Å². The molecule has 0 fully saturated rings. The third kappa shape index (κ3) is 5.34. The van der Waals surface area contributed by atoms with Crippen molar-refractivity contribution in [1.29, 1.82) is 0 Å². The Kier molecular flexibility index (Phi) is 7.53. The van der Waals surface area contributed by atoms with Gasteiger partial charge in [-0.05, 0) is 91.3 Å². The van der Waals surface area contributed by atoms with Crippen molar-refractivity contribution in [2.24, 2.45) is 0 Å². The second kappa shape index (κ2) is 13.2. The van der Waals surface area contributed by atoms with Crippen molar-refractivity contribution in [3.05, 3.63) is 212 Å². The van der Waals surface area contributed by atoms with Gasteiger partial charge in [-0.2, -0.15) is 0 Å². The van der Waals surface area contributed by atoms with Gasteiger partial charge >= 0.3 is 0 Å². The van der Waals surface area contributed by atoms with Gasteiger partial charge in [0.25, 0.3) is 0 Å². The lowest BCUT2D eigenvalue weighted by Crippen LogP contribution is -2.10. The second-order valence-electron chi connectivity index (χ2n) is 14.5. The van der Waals surface area contributed by atoms with Gasteiger partial charge in [0.2, 0.25) is 0 Å². The summed E-state index contributed by atoms with van der Waals surface area (Å²) in [7, 11) is 0. The van der Waals surface area contributed by atoms with Crippen molar-refractivity contribution in [2.75, 3.05) is 4.90 Å². The molecule has 10 aromatic carbocycles. The molecule has 0 saturated heterocycles. The number of nitrogens with zero attached hydrogens (tertiary/aromatic N) is 1. The Morgan fingerprint density at radius 3 is 1.64 bits per heavy atom. The highest BCUT2D eigenvalue weighted by molar-refractivity contribution is 6.23. The van der Waals surface area contributed by atoms with E-state index < -0.39 is 0 Å². The Morgan fingerprint density at radius 1 is 0.321 bits per heavy atom. The average Bonchev–Trinajstić information content (AvgIpc) is 3.66. The van der Waals surface area contributed by atoms with Gasteiger partial charge in [0.1, 0.15) is 11.2 Å². The topological polar surface area (TPSA) is 16.4 Å². The van der Waals surface area contributed by atoms with Crippen molar-refractivity contribution in [2.45, 2.75) is 0 Å². The Labute approximate surface area is 325 Å². The zero-order valence-corrected chi connectivity index (χ0v) is 30.6. The van der Waals surface area contributed by atoms with Crippen LogP contribution in [0.4, 0.5) is 17.1 Å². The summed E-state index contributed by atoms with van der Waals surface area (Å²) in [6, 6.07) is 76.4. The average molecular weight is 714 g/mol. The van der Waals surface area contributed by atoms with Gasteiger partial charge in [-0.25, -0.2) is 0 Å².